The molecule has 24 nitrogen and oxygen atoms in total. The van der Waals surface area contributed by atoms with Gasteiger partial charge in [-0.1, -0.05) is 26.7 Å². The topological polar surface area (TPSA) is 315 Å². The fourth-order valence-electron chi connectivity index (χ4n) is 6.41. The average molecular weight is 843 g/mol. The molecule has 24 heteroatoms. The van der Waals surface area contributed by atoms with Crippen molar-refractivity contribution in [1.29, 1.82) is 0 Å². The number of nitrogens with two attached hydrogens (primary N) is 3. The molecule has 0 bridgehead atoms. The normalized spacial score (nSPS) is 11.7. The van der Waals surface area contributed by atoms with Gasteiger partial charge in [-0.15, -0.1) is 20.5 Å². The molecule has 324 valence electrons. The molecular formula is C37H50N18O6. The van der Waals surface area contributed by atoms with Crippen molar-refractivity contribution < 1.29 is 28.6 Å². The van der Waals surface area contributed by atoms with Crippen molar-refractivity contribution in [1.82, 2.24) is 43.6 Å². The summed E-state index contributed by atoms with van der Waals surface area (Å²) in [5.74, 6) is -1.02. The van der Waals surface area contributed by atoms with E-state index in [1.165, 1.54) is 48.6 Å². The maximum atomic E-state index is 12.9. The zero-order valence-corrected chi connectivity index (χ0v) is 35.8. The Bertz CT molecular complexity index is 2560. The van der Waals surface area contributed by atoms with Crippen molar-refractivity contribution in [3.63, 3.8) is 0 Å². The molecule has 0 saturated heterocycles. The first-order valence-electron chi connectivity index (χ1n) is 19.1. The zero-order chi connectivity index (χ0) is 44.7. The Balaban J connectivity index is 1.63. The lowest BCUT2D eigenvalue weighted by atomic mass is 10.2. The fraction of sp³-hybridized carbons (Fsp3) is 0.432. The van der Waals surface area contributed by atoms with Crippen LogP contribution in [0.5, 0.6) is 0 Å². The van der Waals surface area contributed by atoms with E-state index >= 15 is 0 Å². The summed E-state index contributed by atoms with van der Waals surface area (Å²) in [6.07, 6.45) is 5.25. The highest BCUT2D eigenvalue weighted by Crippen LogP contribution is 2.39. The first-order chi connectivity index (χ1) is 29.1. The minimum absolute atomic E-state index is 0.000859. The Kier molecular flexibility index (Phi) is 13.9. The van der Waals surface area contributed by atoms with Gasteiger partial charge < -0.3 is 45.9 Å². The number of rotatable bonds is 17. The Labute approximate surface area is 350 Å². The molecular weight excluding hydrogens is 793 g/mol. The van der Waals surface area contributed by atoms with Gasteiger partial charge in [0.25, 0.3) is 11.9 Å². The van der Waals surface area contributed by atoms with E-state index in [1.54, 1.807) is 32.5 Å². The second-order valence-electron chi connectivity index (χ2n) is 13.7. The number of methoxy groups -OCH3 is 3. The summed E-state index contributed by atoms with van der Waals surface area (Å²) >= 11 is 0. The zero-order valence-electron chi connectivity index (χ0n) is 35.8. The average Bonchev–Trinajstić information content (AvgIpc) is 3.88. The lowest BCUT2D eigenvalue weighted by Crippen LogP contribution is -2.15. The van der Waals surface area contributed by atoms with E-state index in [-0.39, 0.29) is 69.5 Å². The van der Waals surface area contributed by atoms with Crippen molar-refractivity contribution in [2.45, 2.75) is 73.1 Å². The predicted octanol–water partition coefficient (Wildman–Crippen LogP) is 5.64. The van der Waals surface area contributed by atoms with E-state index in [0.29, 0.717) is 47.0 Å². The number of aliphatic imine (C=N–C) groups is 1. The van der Waals surface area contributed by atoms with Crippen molar-refractivity contribution in [2.24, 2.45) is 39.5 Å². The van der Waals surface area contributed by atoms with E-state index in [9.17, 15) is 14.4 Å². The molecule has 0 aliphatic heterocycles. The highest BCUT2D eigenvalue weighted by Gasteiger charge is 2.28. The molecule has 0 atom stereocenters. The summed E-state index contributed by atoms with van der Waals surface area (Å²) < 4.78 is 20.6. The van der Waals surface area contributed by atoms with E-state index in [2.05, 4.69) is 45.7 Å². The van der Waals surface area contributed by atoms with Crippen LogP contribution < -0.4 is 22.5 Å². The lowest BCUT2D eigenvalue weighted by Gasteiger charge is -2.07. The number of aromatic nitrogens is 9. The number of hydrogen-bond acceptors (Lipinski definition) is 19. The molecule has 5 heterocycles. The number of carbonyl (C=O) groups excluding carboxylic acids is 3. The van der Waals surface area contributed by atoms with Crippen LogP contribution in [0.4, 0.5) is 52.2 Å². The number of carbonyl (C=O) groups is 3. The van der Waals surface area contributed by atoms with E-state index < -0.39 is 11.9 Å². The number of ether oxygens (including phenoxy) is 3. The summed E-state index contributed by atoms with van der Waals surface area (Å²) in [5, 5.41) is 30.0. The Hall–Kier alpha value is -7.53. The number of azo groups is 2. The van der Waals surface area contributed by atoms with Crippen molar-refractivity contribution in [3.05, 3.63) is 33.6 Å². The molecule has 1 amide bonds. The van der Waals surface area contributed by atoms with Gasteiger partial charge in [-0.2, -0.15) is 34.5 Å². The summed E-state index contributed by atoms with van der Waals surface area (Å²) in [7, 11) is 7.25. The second kappa shape index (κ2) is 19.0. The van der Waals surface area contributed by atoms with Crippen LogP contribution in [0.25, 0.3) is 11.9 Å². The Morgan fingerprint density at radius 3 is 1.62 bits per heavy atom. The molecule has 0 fully saturated rings. The number of nitrogens with one attached hydrogen (secondary N) is 1. The maximum absolute atomic E-state index is 12.9. The number of nitrogen functional groups attached to an aromatic ring is 3. The fourth-order valence-corrected chi connectivity index (χ4v) is 6.41. The molecule has 0 radical (unpaired) electrons. The number of hydrogen-bond donors (Lipinski definition) is 4. The van der Waals surface area contributed by atoms with Gasteiger partial charge in [-0.05, 0) is 39.5 Å². The highest BCUT2D eigenvalue weighted by atomic mass is 16.5. The standard InChI is InChI=1S/C37H50N18O6/c1-11-13-15-21-25(46-48-31-23(33(57)60-9)18(3)29(52(31)6)41-17-59-8)27(38)54(50-21)36-43-35(40)44-37(45-36)55-28(39)26(22(51-55)16-14-12-2)47-49-32-24(34(58)61-10)19(4)30(53(32)7)42-20(5)56/h17H,11-16,38-39H2,1-10H3,(H,42,56)(H2,40,43,44,45). The summed E-state index contributed by atoms with van der Waals surface area (Å²) in [5.41, 5.74) is 22.2. The molecule has 7 N–H and O–H groups in total. The molecule has 5 rings (SSSR count). The number of anilines is 4. The molecule has 61 heavy (non-hydrogen) atoms. The second-order valence-corrected chi connectivity index (χ2v) is 13.7. The third-order valence-electron chi connectivity index (χ3n) is 9.49. The molecule has 0 aromatic carbocycles. The number of aryl methyl sites for hydroxylation is 2. The first kappa shape index (κ1) is 44.6. The van der Waals surface area contributed by atoms with Gasteiger partial charge in [0.2, 0.25) is 11.9 Å². The van der Waals surface area contributed by atoms with E-state index in [4.69, 9.17) is 41.6 Å². The third-order valence-corrected chi connectivity index (χ3v) is 9.49. The van der Waals surface area contributed by atoms with Gasteiger partial charge in [0, 0.05) is 32.1 Å². The Morgan fingerprint density at radius 2 is 1.18 bits per heavy atom. The summed E-state index contributed by atoms with van der Waals surface area (Å²) in [6.45, 7) is 8.75. The molecule has 0 saturated carbocycles. The largest absolute Gasteiger partial charge is 0.486 e. The van der Waals surface area contributed by atoms with Crippen LogP contribution in [0.3, 0.4) is 0 Å². The van der Waals surface area contributed by atoms with Gasteiger partial charge in [0.05, 0.1) is 32.7 Å². The molecule has 5 aromatic rings. The highest BCUT2D eigenvalue weighted by molar-refractivity contribution is 6.00. The summed E-state index contributed by atoms with van der Waals surface area (Å²) in [6, 6.07) is 0. The van der Waals surface area contributed by atoms with Crippen molar-refractivity contribution >= 4 is 76.5 Å². The molecule has 5 aromatic heterocycles. The number of amides is 1. The van der Waals surface area contributed by atoms with Gasteiger partial charge >= 0.3 is 11.9 Å². The van der Waals surface area contributed by atoms with Crippen LogP contribution in [0.2, 0.25) is 0 Å². The molecule has 0 aliphatic carbocycles. The smallest absolute Gasteiger partial charge is 0.342 e. The number of nitrogens with zero attached hydrogens (tertiary/aromatic N) is 14. The SMILES string of the molecule is CCCCc1nn(-c2nc(N)nc(-n3nc(CCCC)c(N=Nc4c(C(=O)OC)c(C)c(NC(C)=O)n4C)c3N)n2)c(N)c1N=Nc1c(C(=O)OC)c(C)c(N=COC)n1C. The van der Waals surface area contributed by atoms with Gasteiger partial charge in [-0.25, -0.2) is 14.6 Å². The maximum Gasteiger partial charge on any atom is 0.342 e. The van der Waals surface area contributed by atoms with Gasteiger partial charge in [0.1, 0.15) is 22.8 Å². The third kappa shape index (κ3) is 8.91. The van der Waals surface area contributed by atoms with Gasteiger partial charge in [0.15, 0.2) is 41.0 Å². The van der Waals surface area contributed by atoms with Crippen molar-refractivity contribution in [2.75, 3.05) is 43.8 Å². The molecule has 0 spiro atoms. The van der Waals surface area contributed by atoms with Crippen LogP contribution in [0, 0.1) is 13.8 Å². The van der Waals surface area contributed by atoms with Crippen LogP contribution in [-0.2, 0) is 45.9 Å². The number of esters is 2. The van der Waals surface area contributed by atoms with Crippen molar-refractivity contribution in [3.8, 4) is 11.9 Å². The van der Waals surface area contributed by atoms with E-state index in [0.717, 1.165) is 25.7 Å². The Morgan fingerprint density at radius 1 is 0.705 bits per heavy atom. The summed E-state index contributed by atoms with van der Waals surface area (Å²) in [4.78, 5) is 55.3. The van der Waals surface area contributed by atoms with Crippen LogP contribution >= 0.6 is 0 Å². The first-order valence-corrected chi connectivity index (χ1v) is 19.1. The molecule has 0 aliphatic rings. The van der Waals surface area contributed by atoms with Crippen LogP contribution in [-0.4, -0.2) is 89.2 Å². The molecule has 0 unspecified atom stereocenters. The minimum Gasteiger partial charge on any atom is -0.486 e. The number of unbranched alkanes of at least 4 members (excludes halogenated alkanes) is 2. The minimum atomic E-state index is -0.676. The monoisotopic (exact) mass is 842 g/mol. The van der Waals surface area contributed by atoms with E-state index in [1.807, 2.05) is 13.8 Å². The van der Waals surface area contributed by atoms with Crippen LogP contribution in [0.1, 0.15) is 89.7 Å². The predicted molar refractivity (Wildman–Crippen MR) is 225 cm³/mol. The lowest BCUT2D eigenvalue weighted by molar-refractivity contribution is -0.114. The van der Waals surface area contributed by atoms with Crippen LogP contribution in [0.15, 0.2) is 25.4 Å². The quantitative estimate of drug-likeness (QED) is 0.0381. The van der Waals surface area contributed by atoms with Gasteiger partial charge in [-0.3, -0.25) is 4.79 Å².